The first kappa shape index (κ1) is 13.7. The van der Waals surface area contributed by atoms with Crippen LogP contribution < -0.4 is 4.74 Å². The number of ether oxygens (including phenoxy) is 1. The number of Topliss-reactive ketones (excluding diaryl/α,β-unsaturated/α-hetero) is 1. The summed E-state index contributed by atoms with van der Waals surface area (Å²) in [5.74, 6) is 2.31. The summed E-state index contributed by atoms with van der Waals surface area (Å²) in [6.45, 7) is 0. The number of hydrogen-bond donors (Lipinski definition) is 0. The molecule has 1 aromatic heterocycles. The maximum Gasteiger partial charge on any atom is 0.158 e. The van der Waals surface area contributed by atoms with E-state index in [1.165, 1.54) is 0 Å². The molecule has 1 aliphatic carbocycles. The molecule has 0 spiro atoms. The minimum atomic E-state index is 0.237. The zero-order chi connectivity index (χ0) is 14.7. The molecule has 2 aromatic rings. The van der Waals surface area contributed by atoms with Crippen LogP contribution in [0, 0.1) is 0 Å². The second-order valence-electron chi connectivity index (χ2n) is 5.32. The highest BCUT2D eigenvalue weighted by Crippen LogP contribution is 2.35. The van der Waals surface area contributed by atoms with Crippen LogP contribution in [0.5, 0.6) is 5.75 Å². The van der Waals surface area contributed by atoms with Crippen molar-refractivity contribution in [3.8, 4) is 5.75 Å². The molecule has 0 aliphatic heterocycles. The zero-order valence-electron chi connectivity index (χ0n) is 12.0. The summed E-state index contributed by atoms with van der Waals surface area (Å²) in [7, 11) is 1.64. The number of carbonyl (C=O) groups excluding carboxylic acids is 1. The lowest BCUT2D eigenvalue weighted by molar-refractivity contribution is -0.116. The normalized spacial score (nSPS) is 20.7. The van der Waals surface area contributed by atoms with Crippen molar-refractivity contribution in [1.82, 2.24) is 0 Å². The zero-order valence-corrected chi connectivity index (χ0v) is 12.0. The molecule has 108 valence electrons. The van der Waals surface area contributed by atoms with Crippen molar-refractivity contribution in [2.45, 2.75) is 25.2 Å². The minimum Gasteiger partial charge on any atom is -0.497 e. The third-order valence-corrected chi connectivity index (χ3v) is 3.92. The number of methoxy groups -OCH3 is 1. The Morgan fingerprint density at radius 1 is 1.29 bits per heavy atom. The first-order valence-electron chi connectivity index (χ1n) is 7.17. The van der Waals surface area contributed by atoms with Gasteiger partial charge < -0.3 is 9.15 Å². The maximum absolute atomic E-state index is 12.1. The molecule has 0 radical (unpaired) electrons. The molecule has 0 amide bonds. The summed E-state index contributed by atoms with van der Waals surface area (Å²) in [6, 6.07) is 11.6. The van der Waals surface area contributed by atoms with Gasteiger partial charge in [0.05, 0.1) is 13.4 Å². The molecule has 1 unspecified atom stereocenters. The second kappa shape index (κ2) is 6.00. The lowest BCUT2D eigenvalue weighted by Crippen LogP contribution is -2.15. The van der Waals surface area contributed by atoms with Gasteiger partial charge in [0, 0.05) is 12.3 Å². The smallest absolute Gasteiger partial charge is 0.158 e. The van der Waals surface area contributed by atoms with Crippen LogP contribution in [0.15, 0.2) is 52.7 Å². The van der Waals surface area contributed by atoms with Crippen LogP contribution >= 0.6 is 0 Å². The van der Waals surface area contributed by atoms with Gasteiger partial charge in [-0.2, -0.15) is 0 Å². The molecule has 0 N–H and O–H groups in total. The van der Waals surface area contributed by atoms with Gasteiger partial charge in [-0.15, -0.1) is 0 Å². The molecule has 1 aliphatic rings. The van der Waals surface area contributed by atoms with Crippen molar-refractivity contribution in [1.29, 1.82) is 0 Å². The van der Waals surface area contributed by atoms with Crippen LogP contribution in [-0.4, -0.2) is 12.9 Å². The van der Waals surface area contributed by atoms with Gasteiger partial charge in [0.2, 0.25) is 0 Å². The number of hydrogen-bond acceptors (Lipinski definition) is 3. The molecule has 1 atom stereocenters. The second-order valence-corrected chi connectivity index (χ2v) is 5.32. The topological polar surface area (TPSA) is 39.4 Å². The maximum atomic E-state index is 12.1. The van der Waals surface area contributed by atoms with Gasteiger partial charge >= 0.3 is 0 Å². The van der Waals surface area contributed by atoms with Gasteiger partial charge in [0.15, 0.2) is 5.78 Å². The Labute approximate surface area is 124 Å². The Kier molecular flexibility index (Phi) is 3.91. The van der Waals surface area contributed by atoms with E-state index in [-0.39, 0.29) is 5.78 Å². The van der Waals surface area contributed by atoms with Gasteiger partial charge in [0.25, 0.3) is 0 Å². The van der Waals surface area contributed by atoms with Crippen LogP contribution in [0.4, 0.5) is 0 Å². The SMILES string of the molecule is COc1cccc(/C=C2/CC(c3ccco3)CCC2=O)c1. The summed E-state index contributed by atoms with van der Waals surface area (Å²) in [5.41, 5.74) is 1.87. The molecule has 3 rings (SSSR count). The summed E-state index contributed by atoms with van der Waals surface area (Å²) in [5, 5.41) is 0. The van der Waals surface area contributed by atoms with Gasteiger partial charge in [-0.1, -0.05) is 12.1 Å². The number of carbonyl (C=O) groups is 1. The largest absolute Gasteiger partial charge is 0.497 e. The van der Waals surface area contributed by atoms with Gasteiger partial charge in [-0.3, -0.25) is 4.79 Å². The first-order chi connectivity index (χ1) is 10.3. The number of rotatable bonds is 3. The molecular weight excluding hydrogens is 264 g/mol. The van der Waals surface area contributed by atoms with Crippen LogP contribution in [-0.2, 0) is 4.79 Å². The monoisotopic (exact) mass is 282 g/mol. The lowest BCUT2D eigenvalue weighted by Gasteiger charge is -2.21. The van der Waals surface area contributed by atoms with Crippen LogP contribution in [0.25, 0.3) is 6.08 Å². The fourth-order valence-electron chi connectivity index (χ4n) is 2.79. The quantitative estimate of drug-likeness (QED) is 0.792. The van der Waals surface area contributed by atoms with Crippen LogP contribution in [0.3, 0.4) is 0 Å². The van der Waals surface area contributed by atoms with Crippen molar-refractivity contribution < 1.29 is 13.9 Å². The van der Waals surface area contributed by atoms with E-state index in [1.54, 1.807) is 13.4 Å². The molecule has 21 heavy (non-hydrogen) atoms. The Hall–Kier alpha value is -2.29. The van der Waals surface area contributed by atoms with E-state index >= 15 is 0 Å². The van der Waals surface area contributed by atoms with E-state index < -0.39 is 0 Å². The Balaban J connectivity index is 1.84. The van der Waals surface area contributed by atoms with Crippen molar-refractivity contribution in [2.75, 3.05) is 7.11 Å². The number of allylic oxidation sites excluding steroid dienone is 1. The van der Waals surface area contributed by atoms with Crippen LogP contribution in [0.1, 0.15) is 36.5 Å². The predicted molar refractivity (Wildman–Crippen MR) is 81.3 cm³/mol. The Bertz CT molecular complexity index is 653. The number of ketones is 1. The third-order valence-electron chi connectivity index (χ3n) is 3.92. The molecule has 1 saturated carbocycles. The molecule has 1 fully saturated rings. The minimum absolute atomic E-state index is 0.237. The molecule has 3 nitrogen and oxygen atoms in total. The predicted octanol–water partition coefficient (Wildman–Crippen LogP) is 4.21. The number of furan rings is 1. The summed E-state index contributed by atoms with van der Waals surface area (Å²) in [6.07, 6.45) is 5.85. The van der Waals surface area contributed by atoms with Crippen molar-refractivity contribution in [3.63, 3.8) is 0 Å². The highest BCUT2D eigenvalue weighted by molar-refractivity contribution is 6.00. The molecule has 1 heterocycles. The fraction of sp³-hybridized carbons (Fsp3) is 0.278. The van der Waals surface area contributed by atoms with Crippen molar-refractivity contribution >= 4 is 11.9 Å². The highest BCUT2D eigenvalue weighted by atomic mass is 16.5. The molecule has 3 heteroatoms. The standard InChI is InChI=1S/C18H18O3/c1-20-16-5-2-4-13(11-16)10-15-12-14(7-8-17(15)19)18-6-3-9-21-18/h2-6,9-11,14H,7-8,12H2,1H3/b15-10-. The van der Waals surface area contributed by atoms with E-state index in [4.69, 9.17) is 9.15 Å². The van der Waals surface area contributed by atoms with E-state index in [2.05, 4.69) is 0 Å². The van der Waals surface area contributed by atoms with Gasteiger partial charge in [0.1, 0.15) is 11.5 Å². The molecular formula is C18H18O3. The Morgan fingerprint density at radius 3 is 2.95 bits per heavy atom. The third kappa shape index (κ3) is 3.07. The highest BCUT2D eigenvalue weighted by Gasteiger charge is 2.26. The molecule has 0 bridgehead atoms. The van der Waals surface area contributed by atoms with Crippen molar-refractivity contribution in [2.24, 2.45) is 0 Å². The van der Waals surface area contributed by atoms with E-state index in [0.29, 0.717) is 12.3 Å². The van der Waals surface area contributed by atoms with Crippen LogP contribution in [0.2, 0.25) is 0 Å². The Morgan fingerprint density at radius 2 is 2.19 bits per heavy atom. The van der Waals surface area contributed by atoms with E-state index in [0.717, 1.165) is 35.5 Å². The van der Waals surface area contributed by atoms with Crippen molar-refractivity contribution in [3.05, 3.63) is 59.6 Å². The molecule has 1 aromatic carbocycles. The van der Waals surface area contributed by atoms with E-state index in [1.807, 2.05) is 42.5 Å². The lowest BCUT2D eigenvalue weighted by atomic mass is 9.82. The van der Waals surface area contributed by atoms with E-state index in [9.17, 15) is 4.79 Å². The average molecular weight is 282 g/mol. The number of benzene rings is 1. The average Bonchev–Trinajstić information content (AvgIpc) is 3.04. The van der Waals surface area contributed by atoms with Gasteiger partial charge in [-0.05, 0) is 54.3 Å². The van der Waals surface area contributed by atoms with Gasteiger partial charge in [-0.25, -0.2) is 0 Å². The summed E-state index contributed by atoms with van der Waals surface area (Å²) in [4.78, 5) is 12.1. The summed E-state index contributed by atoms with van der Waals surface area (Å²) >= 11 is 0. The first-order valence-corrected chi connectivity index (χ1v) is 7.17. The molecule has 0 saturated heterocycles. The summed E-state index contributed by atoms with van der Waals surface area (Å²) < 4.78 is 10.7. The fourth-order valence-corrected chi connectivity index (χ4v) is 2.79.